The van der Waals surface area contributed by atoms with Gasteiger partial charge in [0.2, 0.25) is 0 Å². The van der Waals surface area contributed by atoms with Crippen LogP contribution in [0.1, 0.15) is 45.1 Å². The molecule has 0 aromatic heterocycles. The van der Waals surface area contributed by atoms with E-state index in [0.29, 0.717) is 24.0 Å². The number of unbranched alkanes of at least 4 members (excludes halogenated alkanes) is 1. The van der Waals surface area contributed by atoms with Gasteiger partial charge in [-0.2, -0.15) is 0 Å². The van der Waals surface area contributed by atoms with Crippen molar-refractivity contribution < 1.29 is 9.47 Å². The highest BCUT2D eigenvalue weighted by Gasteiger charge is 2.11. The largest absolute Gasteiger partial charge is 0.493 e. The summed E-state index contributed by atoms with van der Waals surface area (Å²) >= 11 is 6.28. The Morgan fingerprint density at radius 3 is 2.25 bits per heavy atom. The van der Waals surface area contributed by atoms with Crippen molar-refractivity contribution in [3.05, 3.63) is 22.7 Å². The van der Waals surface area contributed by atoms with Crippen LogP contribution in [0.4, 0.5) is 0 Å². The predicted octanol–water partition coefficient (Wildman–Crippen LogP) is 4.20. The molecule has 1 aromatic carbocycles. The molecule has 0 saturated heterocycles. The van der Waals surface area contributed by atoms with Crippen molar-refractivity contribution >= 4 is 11.6 Å². The number of halogens is 1. The molecule has 0 unspecified atom stereocenters. The van der Waals surface area contributed by atoms with Crippen molar-refractivity contribution in [2.75, 3.05) is 19.8 Å². The molecule has 0 amide bonds. The minimum absolute atomic E-state index is 0.657. The van der Waals surface area contributed by atoms with Gasteiger partial charge in [-0.3, -0.25) is 0 Å². The lowest BCUT2D eigenvalue weighted by Crippen LogP contribution is -2.03. The lowest BCUT2D eigenvalue weighted by atomic mass is 10.1. The zero-order valence-electron chi connectivity index (χ0n) is 12.6. The average Bonchev–Trinajstić information content (AvgIpc) is 2.45. The van der Waals surface area contributed by atoms with E-state index in [1.54, 1.807) is 0 Å². The first-order valence-electron chi connectivity index (χ1n) is 7.51. The van der Waals surface area contributed by atoms with Crippen molar-refractivity contribution in [3.63, 3.8) is 0 Å². The van der Waals surface area contributed by atoms with Gasteiger partial charge in [-0.05, 0) is 50.3 Å². The number of hydrogen-bond acceptors (Lipinski definition) is 3. The van der Waals surface area contributed by atoms with Crippen LogP contribution in [-0.4, -0.2) is 19.8 Å². The van der Waals surface area contributed by atoms with Gasteiger partial charge in [-0.15, -0.1) is 0 Å². The minimum Gasteiger partial charge on any atom is -0.493 e. The molecule has 0 fully saturated rings. The van der Waals surface area contributed by atoms with Crippen molar-refractivity contribution in [3.8, 4) is 11.5 Å². The third kappa shape index (κ3) is 5.59. The molecule has 0 saturated carbocycles. The maximum Gasteiger partial charge on any atom is 0.141 e. The van der Waals surface area contributed by atoms with E-state index in [2.05, 4.69) is 13.8 Å². The highest BCUT2D eigenvalue weighted by atomic mass is 35.5. The van der Waals surface area contributed by atoms with Gasteiger partial charge in [0.15, 0.2) is 0 Å². The number of rotatable bonds is 10. The van der Waals surface area contributed by atoms with Crippen molar-refractivity contribution in [1.82, 2.24) is 0 Å². The molecule has 0 atom stereocenters. The van der Waals surface area contributed by atoms with Gasteiger partial charge in [0.1, 0.15) is 11.5 Å². The monoisotopic (exact) mass is 299 g/mol. The van der Waals surface area contributed by atoms with Gasteiger partial charge >= 0.3 is 0 Å². The van der Waals surface area contributed by atoms with E-state index in [4.69, 9.17) is 26.8 Å². The highest BCUT2D eigenvalue weighted by molar-refractivity contribution is 6.32. The highest BCUT2D eigenvalue weighted by Crippen LogP contribution is 2.34. The Morgan fingerprint density at radius 1 is 1.00 bits per heavy atom. The van der Waals surface area contributed by atoms with E-state index in [-0.39, 0.29) is 0 Å². The zero-order chi connectivity index (χ0) is 14.8. The fraction of sp³-hybridized carbons (Fsp3) is 0.625. The Labute approximate surface area is 127 Å². The first-order valence-corrected chi connectivity index (χ1v) is 7.88. The van der Waals surface area contributed by atoms with Crippen molar-refractivity contribution in [2.24, 2.45) is 5.73 Å². The summed E-state index contributed by atoms with van der Waals surface area (Å²) in [4.78, 5) is 0. The van der Waals surface area contributed by atoms with E-state index < -0.39 is 0 Å². The quantitative estimate of drug-likeness (QED) is 0.659. The molecule has 2 N–H and O–H groups in total. The van der Waals surface area contributed by atoms with Crippen LogP contribution in [0.5, 0.6) is 11.5 Å². The molecule has 0 bridgehead atoms. The third-order valence-electron chi connectivity index (χ3n) is 2.94. The predicted molar refractivity (Wildman–Crippen MR) is 85.0 cm³/mol. The van der Waals surface area contributed by atoms with Crippen LogP contribution < -0.4 is 15.2 Å². The van der Waals surface area contributed by atoms with Crippen LogP contribution in [-0.2, 0) is 6.42 Å². The lowest BCUT2D eigenvalue weighted by Gasteiger charge is -2.15. The van der Waals surface area contributed by atoms with Gasteiger partial charge in [0.25, 0.3) is 0 Å². The van der Waals surface area contributed by atoms with Crippen molar-refractivity contribution in [2.45, 2.75) is 46.0 Å². The normalized spacial score (nSPS) is 10.6. The summed E-state index contributed by atoms with van der Waals surface area (Å²) in [6.45, 7) is 6.26. The molecule has 4 heteroatoms. The minimum atomic E-state index is 0.657. The number of ether oxygens (including phenoxy) is 2. The fourth-order valence-electron chi connectivity index (χ4n) is 1.90. The molecule has 0 heterocycles. The Balaban J connectivity index is 2.86. The number of aryl methyl sites for hydroxylation is 1. The summed E-state index contributed by atoms with van der Waals surface area (Å²) in [5.41, 5.74) is 6.68. The maximum absolute atomic E-state index is 6.28. The number of nitrogens with two attached hydrogens (primary N) is 1. The SMILES string of the molecule is CCCOc1cc(OCCC)c(CCCCN)cc1Cl. The summed E-state index contributed by atoms with van der Waals surface area (Å²) in [6.07, 6.45) is 4.93. The molecule has 20 heavy (non-hydrogen) atoms. The number of hydrogen-bond donors (Lipinski definition) is 1. The topological polar surface area (TPSA) is 44.5 Å². The number of benzene rings is 1. The average molecular weight is 300 g/mol. The van der Waals surface area contributed by atoms with E-state index in [0.717, 1.165) is 50.0 Å². The van der Waals surface area contributed by atoms with Gasteiger partial charge in [-0.25, -0.2) is 0 Å². The molecule has 3 nitrogen and oxygen atoms in total. The molecule has 0 aliphatic carbocycles. The third-order valence-corrected chi connectivity index (χ3v) is 3.23. The Morgan fingerprint density at radius 2 is 1.65 bits per heavy atom. The van der Waals surface area contributed by atoms with Crippen LogP contribution in [0.25, 0.3) is 0 Å². The van der Waals surface area contributed by atoms with Crippen LogP contribution in [0.2, 0.25) is 5.02 Å². The summed E-state index contributed by atoms with van der Waals surface area (Å²) in [5, 5.41) is 0.657. The molecule has 0 radical (unpaired) electrons. The Kier molecular flexibility index (Phi) is 8.47. The second-order valence-corrected chi connectivity index (χ2v) is 5.24. The summed E-state index contributed by atoms with van der Waals surface area (Å²) < 4.78 is 11.5. The van der Waals surface area contributed by atoms with E-state index in [1.807, 2.05) is 12.1 Å². The van der Waals surface area contributed by atoms with Gasteiger partial charge < -0.3 is 15.2 Å². The van der Waals surface area contributed by atoms with Crippen LogP contribution in [0.15, 0.2) is 12.1 Å². The van der Waals surface area contributed by atoms with Crippen LogP contribution >= 0.6 is 11.6 Å². The van der Waals surface area contributed by atoms with E-state index >= 15 is 0 Å². The molecule has 0 spiro atoms. The summed E-state index contributed by atoms with van der Waals surface area (Å²) in [6, 6.07) is 3.89. The molecule has 0 aliphatic rings. The Bertz CT molecular complexity index is 396. The van der Waals surface area contributed by atoms with Gasteiger partial charge in [0, 0.05) is 6.07 Å². The fourth-order valence-corrected chi connectivity index (χ4v) is 2.14. The zero-order valence-corrected chi connectivity index (χ0v) is 13.3. The second kappa shape index (κ2) is 9.89. The molecule has 114 valence electrons. The summed E-state index contributed by atoms with van der Waals surface area (Å²) in [7, 11) is 0. The maximum atomic E-state index is 6.28. The smallest absolute Gasteiger partial charge is 0.141 e. The second-order valence-electron chi connectivity index (χ2n) is 4.83. The van der Waals surface area contributed by atoms with Crippen LogP contribution in [0, 0.1) is 0 Å². The Hall–Kier alpha value is -0.930. The molecule has 0 aliphatic heterocycles. The molecular weight excluding hydrogens is 274 g/mol. The van der Waals surface area contributed by atoms with Gasteiger partial charge in [-0.1, -0.05) is 25.4 Å². The first-order chi connectivity index (χ1) is 9.72. The molecule has 1 rings (SSSR count). The molecule has 1 aromatic rings. The van der Waals surface area contributed by atoms with E-state index in [9.17, 15) is 0 Å². The van der Waals surface area contributed by atoms with Gasteiger partial charge in [0.05, 0.1) is 18.2 Å². The van der Waals surface area contributed by atoms with Crippen molar-refractivity contribution in [1.29, 1.82) is 0 Å². The van der Waals surface area contributed by atoms with Crippen LogP contribution in [0.3, 0.4) is 0 Å². The standard InChI is InChI=1S/C16H26ClNO2/c1-3-9-19-15-12-16(20-10-4-2)14(17)11-13(15)7-5-6-8-18/h11-12H,3-10,18H2,1-2H3. The lowest BCUT2D eigenvalue weighted by molar-refractivity contribution is 0.299. The van der Waals surface area contributed by atoms with E-state index in [1.165, 1.54) is 0 Å². The summed E-state index contributed by atoms with van der Waals surface area (Å²) in [5.74, 6) is 1.60. The molecular formula is C16H26ClNO2. The first kappa shape index (κ1) is 17.1.